The highest BCUT2D eigenvalue weighted by atomic mass is 16.1. The standard InChI is InChI=1S/C17H22N2O/c1-6-14-17-12(5)10(3)9(2)11(4)16(17)13(8-19-14)7-15(18)20/h8H,6-7H2,1-5H3,(H2,18,20). The predicted molar refractivity (Wildman–Crippen MR) is 83.0 cm³/mol. The van der Waals surface area contributed by atoms with Gasteiger partial charge in [0.1, 0.15) is 0 Å². The van der Waals surface area contributed by atoms with Crippen LogP contribution in [0.25, 0.3) is 10.8 Å². The summed E-state index contributed by atoms with van der Waals surface area (Å²) < 4.78 is 0. The van der Waals surface area contributed by atoms with Crippen molar-refractivity contribution in [2.75, 3.05) is 0 Å². The number of aromatic nitrogens is 1. The molecule has 0 aliphatic carbocycles. The second-order valence-electron chi connectivity index (χ2n) is 5.48. The van der Waals surface area contributed by atoms with Crippen molar-refractivity contribution >= 4 is 16.7 Å². The van der Waals surface area contributed by atoms with E-state index in [2.05, 4.69) is 39.6 Å². The van der Waals surface area contributed by atoms with Gasteiger partial charge in [-0.15, -0.1) is 0 Å². The molecular formula is C17H22N2O. The van der Waals surface area contributed by atoms with Crippen LogP contribution in [0.3, 0.4) is 0 Å². The second-order valence-corrected chi connectivity index (χ2v) is 5.48. The summed E-state index contributed by atoms with van der Waals surface area (Å²) in [6, 6.07) is 0. The molecule has 2 aromatic rings. The van der Waals surface area contributed by atoms with Crippen molar-refractivity contribution in [3.05, 3.63) is 39.7 Å². The van der Waals surface area contributed by atoms with Crippen LogP contribution in [0.5, 0.6) is 0 Å². The van der Waals surface area contributed by atoms with Gasteiger partial charge in [0, 0.05) is 17.3 Å². The van der Waals surface area contributed by atoms with Crippen molar-refractivity contribution in [2.45, 2.75) is 47.5 Å². The molecule has 1 aromatic heterocycles. The fourth-order valence-electron chi connectivity index (χ4n) is 2.95. The van der Waals surface area contributed by atoms with E-state index in [4.69, 9.17) is 5.73 Å². The Morgan fingerprint density at radius 1 is 1.05 bits per heavy atom. The van der Waals surface area contributed by atoms with Crippen LogP contribution in [0, 0.1) is 27.7 Å². The molecule has 0 atom stereocenters. The number of amides is 1. The molecule has 3 heteroatoms. The zero-order valence-corrected chi connectivity index (χ0v) is 12.9. The number of carbonyl (C=O) groups is 1. The normalized spacial score (nSPS) is 11.1. The minimum absolute atomic E-state index is 0.246. The number of benzene rings is 1. The van der Waals surface area contributed by atoms with Gasteiger partial charge in [-0.1, -0.05) is 6.92 Å². The summed E-state index contributed by atoms with van der Waals surface area (Å²) in [6.07, 6.45) is 2.94. The molecule has 0 radical (unpaired) electrons. The highest BCUT2D eigenvalue weighted by Gasteiger charge is 2.16. The Kier molecular flexibility index (Phi) is 3.80. The van der Waals surface area contributed by atoms with E-state index in [1.54, 1.807) is 0 Å². The lowest BCUT2D eigenvalue weighted by Crippen LogP contribution is -2.15. The zero-order chi connectivity index (χ0) is 15.0. The molecule has 1 amide bonds. The third-order valence-corrected chi connectivity index (χ3v) is 4.37. The lowest BCUT2D eigenvalue weighted by molar-refractivity contribution is -0.117. The third-order valence-electron chi connectivity index (χ3n) is 4.37. The first kappa shape index (κ1) is 14.5. The molecule has 2 N–H and O–H groups in total. The Balaban J connectivity index is 2.97. The average Bonchev–Trinajstić information content (AvgIpc) is 2.41. The second kappa shape index (κ2) is 5.23. The number of pyridine rings is 1. The van der Waals surface area contributed by atoms with Crippen LogP contribution in [0.4, 0.5) is 0 Å². The van der Waals surface area contributed by atoms with Crippen molar-refractivity contribution in [3.63, 3.8) is 0 Å². The number of primary amides is 1. The number of nitrogens with two attached hydrogens (primary N) is 1. The zero-order valence-electron chi connectivity index (χ0n) is 12.9. The fraction of sp³-hybridized carbons (Fsp3) is 0.412. The maximum absolute atomic E-state index is 11.3. The molecule has 106 valence electrons. The SMILES string of the molecule is CCc1ncc(CC(N)=O)c2c(C)c(C)c(C)c(C)c12. The third kappa shape index (κ3) is 2.17. The number of carbonyl (C=O) groups excluding carboxylic acids is 1. The number of nitrogens with zero attached hydrogens (tertiary/aromatic N) is 1. The van der Waals surface area contributed by atoms with Crippen LogP contribution in [0.15, 0.2) is 6.20 Å². The van der Waals surface area contributed by atoms with E-state index in [0.717, 1.165) is 23.1 Å². The van der Waals surface area contributed by atoms with Gasteiger partial charge in [-0.25, -0.2) is 0 Å². The van der Waals surface area contributed by atoms with Gasteiger partial charge in [-0.05, 0) is 67.3 Å². The predicted octanol–water partition coefficient (Wildman–Crippen LogP) is 3.06. The largest absolute Gasteiger partial charge is 0.369 e. The van der Waals surface area contributed by atoms with E-state index >= 15 is 0 Å². The Morgan fingerprint density at radius 2 is 1.60 bits per heavy atom. The van der Waals surface area contributed by atoms with Gasteiger partial charge in [0.05, 0.1) is 6.42 Å². The van der Waals surface area contributed by atoms with Gasteiger partial charge in [-0.2, -0.15) is 0 Å². The van der Waals surface area contributed by atoms with Crippen LogP contribution in [-0.2, 0) is 17.6 Å². The molecule has 0 aliphatic rings. The van der Waals surface area contributed by atoms with Gasteiger partial charge in [0.25, 0.3) is 0 Å². The minimum atomic E-state index is -0.312. The fourth-order valence-corrected chi connectivity index (χ4v) is 2.95. The molecule has 20 heavy (non-hydrogen) atoms. The lowest BCUT2D eigenvalue weighted by Gasteiger charge is -2.18. The first-order chi connectivity index (χ1) is 9.38. The number of fused-ring (bicyclic) bond motifs is 1. The van der Waals surface area contributed by atoms with Crippen LogP contribution >= 0.6 is 0 Å². The van der Waals surface area contributed by atoms with Crippen LogP contribution in [-0.4, -0.2) is 10.9 Å². The maximum Gasteiger partial charge on any atom is 0.221 e. The minimum Gasteiger partial charge on any atom is -0.369 e. The molecule has 2 rings (SSSR count). The molecule has 0 aliphatic heterocycles. The van der Waals surface area contributed by atoms with Crippen LogP contribution in [0.1, 0.15) is 40.4 Å². The molecule has 1 heterocycles. The molecule has 0 saturated heterocycles. The summed E-state index contributed by atoms with van der Waals surface area (Å²) in [5.41, 5.74) is 12.5. The van der Waals surface area contributed by atoms with E-state index in [1.165, 1.54) is 27.6 Å². The smallest absolute Gasteiger partial charge is 0.221 e. The molecule has 1 aromatic carbocycles. The van der Waals surface area contributed by atoms with Crippen LogP contribution in [0.2, 0.25) is 0 Å². The number of hydrogen-bond acceptors (Lipinski definition) is 2. The molecule has 0 unspecified atom stereocenters. The molecule has 0 fully saturated rings. The Hall–Kier alpha value is -1.90. The first-order valence-corrected chi connectivity index (χ1v) is 7.03. The number of hydrogen-bond donors (Lipinski definition) is 1. The highest BCUT2D eigenvalue weighted by Crippen LogP contribution is 2.33. The summed E-state index contributed by atoms with van der Waals surface area (Å²) in [7, 11) is 0. The van der Waals surface area contributed by atoms with Gasteiger partial charge >= 0.3 is 0 Å². The van der Waals surface area contributed by atoms with E-state index < -0.39 is 0 Å². The Labute approximate surface area is 120 Å². The van der Waals surface area contributed by atoms with Crippen molar-refractivity contribution in [1.29, 1.82) is 0 Å². The van der Waals surface area contributed by atoms with Gasteiger partial charge < -0.3 is 5.73 Å². The van der Waals surface area contributed by atoms with E-state index in [-0.39, 0.29) is 12.3 Å². The first-order valence-electron chi connectivity index (χ1n) is 7.03. The molecule has 0 bridgehead atoms. The summed E-state index contributed by atoms with van der Waals surface area (Å²) in [6.45, 7) is 10.7. The Bertz CT molecular complexity index is 702. The summed E-state index contributed by atoms with van der Waals surface area (Å²) in [4.78, 5) is 15.9. The maximum atomic E-state index is 11.3. The summed E-state index contributed by atoms with van der Waals surface area (Å²) >= 11 is 0. The Morgan fingerprint density at radius 3 is 2.10 bits per heavy atom. The lowest BCUT2D eigenvalue weighted by atomic mass is 9.88. The molecule has 0 saturated carbocycles. The van der Waals surface area contributed by atoms with E-state index in [9.17, 15) is 4.79 Å². The summed E-state index contributed by atoms with van der Waals surface area (Å²) in [5, 5.41) is 2.36. The van der Waals surface area contributed by atoms with Crippen molar-refractivity contribution in [2.24, 2.45) is 5.73 Å². The average molecular weight is 270 g/mol. The van der Waals surface area contributed by atoms with Crippen molar-refractivity contribution in [3.8, 4) is 0 Å². The van der Waals surface area contributed by atoms with Crippen molar-refractivity contribution < 1.29 is 4.79 Å². The van der Waals surface area contributed by atoms with Gasteiger partial charge in [0.15, 0.2) is 0 Å². The van der Waals surface area contributed by atoms with E-state index in [0.29, 0.717) is 0 Å². The van der Waals surface area contributed by atoms with E-state index in [1.807, 2.05) is 6.20 Å². The van der Waals surface area contributed by atoms with Gasteiger partial charge in [-0.3, -0.25) is 9.78 Å². The highest BCUT2D eigenvalue weighted by molar-refractivity contribution is 5.96. The molecule has 3 nitrogen and oxygen atoms in total. The van der Waals surface area contributed by atoms with Gasteiger partial charge in [0.2, 0.25) is 5.91 Å². The number of rotatable bonds is 3. The molecule has 0 spiro atoms. The van der Waals surface area contributed by atoms with Crippen molar-refractivity contribution in [1.82, 2.24) is 4.98 Å². The molecular weight excluding hydrogens is 248 g/mol. The topological polar surface area (TPSA) is 56.0 Å². The monoisotopic (exact) mass is 270 g/mol. The number of aryl methyl sites for hydroxylation is 3. The summed E-state index contributed by atoms with van der Waals surface area (Å²) in [5.74, 6) is -0.312. The van der Waals surface area contributed by atoms with Crippen LogP contribution < -0.4 is 5.73 Å². The quantitative estimate of drug-likeness (QED) is 0.932.